The van der Waals surface area contributed by atoms with E-state index in [1.54, 1.807) is 18.5 Å². The fourth-order valence-corrected chi connectivity index (χ4v) is 2.40. The zero-order valence-electron chi connectivity index (χ0n) is 13.8. The second-order valence-electron chi connectivity index (χ2n) is 5.57. The molecule has 2 rings (SSSR count). The standard InChI is InChI=1S/C18H22ClN3O/c1-4-5-9-22(3)15-10-14(11-20-12-15)18(23)21-17-8-6-7-16(19)13(17)2/h6-8,10-12H,4-5,9H2,1-3H3,(H,21,23). The average Bonchev–Trinajstić information content (AvgIpc) is 2.57. The smallest absolute Gasteiger partial charge is 0.257 e. The number of halogens is 1. The van der Waals surface area contributed by atoms with Crippen LogP contribution in [-0.4, -0.2) is 24.5 Å². The van der Waals surface area contributed by atoms with Crippen LogP contribution >= 0.6 is 11.6 Å². The van der Waals surface area contributed by atoms with Crippen molar-refractivity contribution in [3.63, 3.8) is 0 Å². The van der Waals surface area contributed by atoms with Gasteiger partial charge in [0.25, 0.3) is 5.91 Å². The maximum Gasteiger partial charge on any atom is 0.257 e. The van der Waals surface area contributed by atoms with E-state index in [4.69, 9.17) is 11.6 Å². The summed E-state index contributed by atoms with van der Waals surface area (Å²) in [5.41, 5.74) is 3.04. The van der Waals surface area contributed by atoms with E-state index in [1.165, 1.54) is 0 Å². The lowest BCUT2D eigenvalue weighted by Gasteiger charge is -2.19. The van der Waals surface area contributed by atoms with Gasteiger partial charge in [-0.2, -0.15) is 0 Å². The van der Waals surface area contributed by atoms with E-state index < -0.39 is 0 Å². The number of hydrogen-bond acceptors (Lipinski definition) is 3. The molecule has 0 saturated carbocycles. The number of carbonyl (C=O) groups is 1. The summed E-state index contributed by atoms with van der Waals surface area (Å²) in [5, 5.41) is 3.53. The first-order chi connectivity index (χ1) is 11.0. The number of anilines is 2. The molecule has 0 radical (unpaired) electrons. The van der Waals surface area contributed by atoms with Gasteiger partial charge in [0.15, 0.2) is 0 Å². The van der Waals surface area contributed by atoms with Crippen LogP contribution in [0, 0.1) is 6.92 Å². The van der Waals surface area contributed by atoms with E-state index in [0.29, 0.717) is 16.3 Å². The van der Waals surface area contributed by atoms with E-state index in [-0.39, 0.29) is 5.91 Å². The van der Waals surface area contributed by atoms with Gasteiger partial charge in [-0.05, 0) is 37.1 Å². The van der Waals surface area contributed by atoms with Crippen LogP contribution in [0.3, 0.4) is 0 Å². The molecule has 0 spiro atoms. The van der Waals surface area contributed by atoms with Crippen molar-refractivity contribution >= 4 is 28.9 Å². The minimum Gasteiger partial charge on any atom is -0.373 e. The number of hydrogen-bond donors (Lipinski definition) is 1. The molecular formula is C18H22ClN3O. The third kappa shape index (κ3) is 4.45. The average molecular weight is 332 g/mol. The summed E-state index contributed by atoms with van der Waals surface area (Å²) in [7, 11) is 2.01. The molecule has 1 aromatic heterocycles. The van der Waals surface area contributed by atoms with E-state index in [1.807, 2.05) is 32.2 Å². The Bertz CT molecular complexity index is 688. The van der Waals surface area contributed by atoms with E-state index in [2.05, 4.69) is 22.1 Å². The molecular weight excluding hydrogens is 310 g/mol. The van der Waals surface area contributed by atoms with E-state index >= 15 is 0 Å². The van der Waals surface area contributed by atoms with Crippen molar-refractivity contribution < 1.29 is 4.79 Å². The Morgan fingerprint density at radius 1 is 1.35 bits per heavy atom. The lowest BCUT2D eigenvalue weighted by molar-refractivity contribution is 0.102. The van der Waals surface area contributed by atoms with Gasteiger partial charge in [0.05, 0.1) is 17.4 Å². The van der Waals surface area contributed by atoms with Crippen LogP contribution in [-0.2, 0) is 0 Å². The molecule has 4 nitrogen and oxygen atoms in total. The third-order valence-electron chi connectivity index (χ3n) is 3.79. The molecule has 0 aliphatic carbocycles. The number of amides is 1. The van der Waals surface area contributed by atoms with Crippen molar-refractivity contribution in [1.29, 1.82) is 0 Å². The third-order valence-corrected chi connectivity index (χ3v) is 4.20. The van der Waals surface area contributed by atoms with Gasteiger partial charge in [-0.3, -0.25) is 9.78 Å². The summed E-state index contributed by atoms with van der Waals surface area (Å²) in [6, 6.07) is 7.32. The molecule has 0 aliphatic rings. The molecule has 0 atom stereocenters. The van der Waals surface area contributed by atoms with Crippen LogP contribution in [0.15, 0.2) is 36.7 Å². The molecule has 0 fully saturated rings. The SMILES string of the molecule is CCCCN(C)c1cncc(C(=O)Nc2cccc(Cl)c2C)c1. The Morgan fingerprint density at radius 2 is 2.13 bits per heavy atom. The predicted molar refractivity (Wildman–Crippen MR) is 96.6 cm³/mol. The first-order valence-corrected chi connectivity index (χ1v) is 8.13. The molecule has 0 aliphatic heterocycles. The zero-order valence-corrected chi connectivity index (χ0v) is 14.5. The van der Waals surface area contributed by atoms with Gasteiger partial charge < -0.3 is 10.2 Å². The Hall–Kier alpha value is -2.07. The highest BCUT2D eigenvalue weighted by Crippen LogP contribution is 2.23. The second kappa shape index (κ2) is 7.97. The van der Waals surface area contributed by atoms with Crippen LogP contribution in [0.4, 0.5) is 11.4 Å². The van der Waals surface area contributed by atoms with Crippen molar-refractivity contribution in [2.24, 2.45) is 0 Å². The van der Waals surface area contributed by atoms with Crippen LogP contribution in [0.1, 0.15) is 35.7 Å². The molecule has 1 N–H and O–H groups in total. The largest absolute Gasteiger partial charge is 0.373 e. The molecule has 0 saturated heterocycles. The predicted octanol–water partition coefficient (Wildman–Crippen LogP) is 4.53. The van der Waals surface area contributed by atoms with E-state index in [9.17, 15) is 4.79 Å². The normalized spacial score (nSPS) is 10.4. The lowest BCUT2D eigenvalue weighted by atomic mass is 10.2. The van der Waals surface area contributed by atoms with Crippen molar-refractivity contribution in [3.05, 3.63) is 52.8 Å². The summed E-state index contributed by atoms with van der Waals surface area (Å²) < 4.78 is 0. The quantitative estimate of drug-likeness (QED) is 0.845. The van der Waals surface area contributed by atoms with Gasteiger partial charge in [-0.15, -0.1) is 0 Å². The molecule has 122 valence electrons. The lowest BCUT2D eigenvalue weighted by Crippen LogP contribution is -2.20. The highest BCUT2D eigenvalue weighted by Gasteiger charge is 2.11. The molecule has 23 heavy (non-hydrogen) atoms. The van der Waals surface area contributed by atoms with Crippen molar-refractivity contribution in [2.75, 3.05) is 23.8 Å². The molecule has 0 unspecified atom stereocenters. The molecule has 0 bridgehead atoms. The van der Waals surface area contributed by atoms with Gasteiger partial charge in [-0.1, -0.05) is 31.0 Å². The van der Waals surface area contributed by atoms with Gasteiger partial charge in [0.1, 0.15) is 0 Å². The topological polar surface area (TPSA) is 45.2 Å². The first kappa shape index (κ1) is 17.3. The summed E-state index contributed by atoms with van der Waals surface area (Å²) in [4.78, 5) is 18.8. The Morgan fingerprint density at radius 3 is 2.87 bits per heavy atom. The van der Waals surface area contributed by atoms with Gasteiger partial charge in [0, 0.05) is 30.5 Å². The molecule has 2 aromatic rings. The summed E-state index contributed by atoms with van der Waals surface area (Å²) in [6.45, 7) is 4.98. The fourth-order valence-electron chi connectivity index (χ4n) is 2.22. The number of nitrogens with one attached hydrogen (secondary N) is 1. The van der Waals surface area contributed by atoms with Gasteiger partial charge in [-0.25, -0.2) is 0 Å². The van der Waals surface area contributed by atoms with Crippen molar-refractivity contribution in [1.82, 2.24) is 4.98 Å². The van der Waals surface area contributed by atoms with Crippen molar-refractivity contribution in [3.8, 4) is 0 Å². The first-order valence-electron chi connectivity index (χ1n) is 7.75. The second-order valence-corrected chi connectivity index (χ2v) is 5.98. The van der Waals surface area contributed by atoms with Crippen LogP contribution < -0.4 is 10.2 Å². The maximum atomic E-state index is 12.5. The van der Waals surface area contributed by atoms with Crippen LogP contribution in [0.25, 0.3) is 0 Å². The van der Waals surface area contributed by atoms with Crippen LogP contribution in [0.5, 0.6) is 0 Å². The number of aromatic nitrogens is 1. The zero-order chi connectivity index (χ0) is 16.8. The monoisotopic (exact) mass is 331 g/mol. The number of carbonyl (C=O) groups excluding carboxylic acids is 1. The molecule has 5 heteroatoms. The minimum absolute atomic E-state index is 0.186. The number of benzene rings is 1. The Labute approximate surface area is 142 Å². The minimum atomic E-state index is -0.186. The summed E-state index contributed by atoms with van der Waals surface area (Å²) >= 11 is 6.09. The molecule has 1 amide bonds. The summed E-state index contributed by atoms with van der Waals surface area (Å²) in [5.74, 6) is -0.186. The highest BCUT2D eigenvalue weighted by molar-refractivity contribution is 6.31. The van der Waals surface area contributed by atoms with Crippen molar-refractivity contribution in [2.45, 2.75) is 26.7 Å². The number of pyridine rings is 1. The fraction of sp³-hybridized carbons (Fsp3) is 0.333. The number of nitrogens with zero attached hydrogens (tertiary/aromatic N) is 2. The maximum absolute atomic E-state index is 12.5. The van der Waals surface area contributed by atoms with E-state index in [0.717, 1.165) is 30.6 Å². The van der Waals surface area contributed by atoms with Gasteiger partial charge in [0.2, 0.25) is 0 Å². The number of unbranched alkanes of at least 4 members (excludes halogenated alkanes) is 1. The Balaban J connectivity index is 2.15. The van der Waals surface area contributed by atoms with Crippen LogP contribution in [0.2, 0.25) is 5.02 Å². The Kier molecular flexibility index (Phi) is 5.99. The number of rotatable bonds is 6. The van der Waals surface area contributed by atoms with Gasteiger partial charge >= 0.3 is 0 Å². The summed E-state index contributed by atoms with van der Waals surface area (Å²) in [6.07, 6.45) is 5.59. The molecule has 1 heterocycles. The molecule has 1 aromatic carbocycles. The highest BCUT2D eigenvalue weighted by atomic mass is 35.5.